The number of amides is 1. The van der Waals surface area contributed by atoms with Gasteiger partial charge in [0.15, 0.2) is 0 Å². The lowest BCUT2D eigenvalue weighted by Crippen LogP contribution is -2.38. The van der Waals surface area contributed by atoms with E-state index in [9.17, 15) is 34.8 Å². The average Bonchev–Trinajstić information content (AvgIpc) is 2.94. The summed E-state index contributed by atoms with van der Waals surface area (Å²) in [6.45, 7) is 5.97. The van der Waals surface area contributed by atoms with Gasteiger partial charge in [-0.2, -0.15) is 21.6 Å². The van der Waals surface area contributed by atoms with Crippen molar-refractivity contribution in [2.45, 2.75) is 54.5 Å². The van der Waals surface area contributed by atoms with Gasteiger partial charge in [0, 0.05) is 19.2 Å². The number of hydrogen-bond acceptors (Lipinski definition) is 7. The zero-order chi connectivity index (χ0) is 26.2. The van der Waals surface area contributed by atoms with Crippen molar-refractivity contribution >= 4 is 26.0 Å². The van der Waals surface area contributed by atoms with Gasteiger partial charge in [0.05, 0.1) is 9.79 Å². The summed E-state index contributed by atoms with van der Waals surface area (Å²) in [5.41, 5.74) is -4.77. The molecule has 13 heteroatoms. The normalized spacial score (nSPS) is 15.2. The van der Waals surface area contributed by atoms with Gasteiger partial charge in [0.25, 0.3) is 0 Å². The van der Waals surface area contributed by atoms with Crippen LogP contribution >= 0.6 is 0 Å². The van der Waals surface area contributed by atoms with Crippen LogP contribution in [0.15, 0.2) is 52.3 Å². The maximum atomic E-state index is 13.1. The molecule has 0 radical (unpaired) electrons. The minimum Gasteiger partial charge on any atom is -0.444 e. The number of rotatable bonds is 4. The molecule has 0 fully saturated rings. The fraction of sp³-hybridized carbons (Fsp3) is 0.409. The molecule has 0 atom stereocenters. The lowest BCUT2D eigenvalue weighted by Gasteiger charge is -2.26. The summed E-state index contributed by atoms with van der Waals surface area (Å²) in [7, 11) is -10.2. The van der Waals surface area contributed by atoms with Crippen molar-refractivity contribution in [1.82, 2.24) is 4.90 Å². The molecule has 1 heterocycles. The second-order valence-electron chi connectivity index (χ2n) is 8.86. The van der Waals surface area contributed by atoms with Crippen LogP contribution < -0.4 is 4.18 Å². The molecule has 1 aliphatic rings. The molecule has 0 saturated carbocycles. The average molecular weight is 536 g/mol. The van der Waals surface area contributed by atoms with E-state index in [2.05, 4.69) is 4.18 Å². The number of fused-ring (bicyclic) bond motifs is 1. The topological polar surface area (TPSA) is 107 Å². The van der Waals surface area contributed by atoms with E-state index in [1.165, 1.54) is 12.1 Å². The summed E-state index contributed by atoms with van der Waals surface area (Å²) in [6, 6.07) is 8.25. The molecule has 0 N–H and O–H groups in total. The fourth-order valence-corrected chi connectivity index (χ4v) is 5.18. The summed E-state index contributed by atoms with van der Waals surface area (Å²) in [5.74, 6) is -0.786. The molecule has 2 aromatic rings. The lowest BCUT2D eigenvalue weighted by atomic mass is 10.0. The summed E-state index contributed by atoms with van der Waals surface area (Å²) in [5, 5.41) is 0. The summed E-state index contributed by atoms with van der Waals surface area (Å²) in [6.07, 6.45) is 0.377. The molecule has 0 aliphatic carbocycles. The third-order valence-corrected chi connectivity index (χ3v) is 7.77. The Morgan fingerprint density at radius 2 is 1.49 bits per heavy atom. The number of alkyl halides is 3. The number of carbonyl (C=O) groups is 1. The van der Waals surface area contributed by atoms with E-state index in [1.54, 1.807) is 31.7 Å². The van der Waals surface area contributed by atoms with Gasteiger partial charge >= 0.3 is 21.7 Å². The van der Waals surface area contributed by atoms with E-state index in [-0.39, 0.29) is 4.90 Å². The molecule has 1 amide bonds. The Kier molecular flexibility index (Phi) is 7.15. The van der Waals surface area contributed by atoms with Crippen LogP contribution in [0, 0.1) is 0 Å². The van der Waals surface area contributed by atoms with Crippen LogP contribution in [0.4, 0.5) is 18.0 Å². The largest absolute Gasteiger partial charge is 0.534 e. The number of ether oxygens (including phenoxy) is 1. The molecule has 0 unspecified atom stereocenters. The van der Waals surface area contributed by atoms with E-state index in [1.807, 2.05) is 0 Å². The zero-order valence-corrected chi connectivity index (χ0v) is 20.8. The van der Waals surface area contributed by atoms with Gasteiger partial charge in [-0.25, -0.2) is 13.2 Å². The van der Waals surface area contributed by atoms with Crippen molar-refractivity contribution in [3.8, 4) is 5.75 Å². The Morgan fingerprint density at radius 1 is 0.886 bits per heavy atom. The molecule has 0 saturated heterocycles. The number of hydrogen-bond donors (Lipinski definition) is 0. The van der Waals surface area contributed by atoms with Crippen LogP contribution in [0.5, 0.6) is 5.75 Å². The van der Waals surface area contributed by atoms with E-state index in [0.717, 1.165) is 23.8 Å². The summed E-state index contributed by atoms with van der Waals surface area (Å²) in [4.78, 5) is 13.4. The molecular weight excluding hydrogens is 511 g/mol. The van der Waals surface area contributed by atoms with Crippen molar-refractivity contribution in [3.05, 3.63) is 53.6 Å². The van der Waals surface area contributed by atoms with E-state index in [4.69, 9.17) is 4.74 Å². The van der Waals surface area contributed by atoms with Crippen LogP contribution in [-0.2, 0) is 37.5 Å². The second kappa shape index (κ2) is 9.34. The predicted octanol–water partition coefficient (Wildman–Crippen LogP) is 4.08. The molecule has 3 rings (SSSR count). The van der Waals surface area contributed by atoms with Crippen LogP contribution in [-0.4, -0.2) is 52.0 Å². The Bertz CT molecular complexity index is 1330. The SMILES string of the molecule is CC(C)(C)OC(=O)N1CCc2ccc(S(=O)(=O)c3cccc(OS(=O)(=O)C(F)(F)F)c3)cc2CC1. The molecule has 8 nitrogen and oxygen atoms in total. The van der Waals surface area contributed by atoms with Crippen molar-refractivity contribution in [2.75, 3.05) is 13.1 Å². The highest BCUT2D eigenvalue weighted by atomic mass is 32.2. The number of sulfone groups is 1. The highest BCUT2D eigenvalue weighted by Crippen LogP contribution is 2.31. The molecule has 0 bridgehead atoms. The predicted molar refractivity (Wildman–Crippen MR) is 119 cm³/mol. The minimum atomic E-state index is -5.95. The van der Waals surface area contributed by atoms with Gasteiger partial charge in [0.1, 0.15) is 11.4 Å². The van der Waals surface area contributed by atoms with E-state index < -0.39 is 47.8 Å². The highest BCUT2D eigenvalue weighted by Gasteiger charge is 2.48. The van der Waals surface area contributed by atoms with Crippen molar-refractivity contribution < 1.29 is 43.7 Å². The molecule has 35 heavy (non-hydrogen) atoms. The van der Waals surface area contributed by atoms with Crippen molar-refractivity contribution in [1.29, 1.82) is 0 Å². The summed E-state index contributed by atoms with van der Waals surface area (Å²) < 4.78 is 96.1. The number of halogens is 3. The highest BCUT2D eigenvalue weighted by molar-refractivity contribution is 7.91. The lowest BCUT2D eigenvalue weighted by molar-refractivity contribution is -0.0500. The van der Waals surface area contributed by atoms with Crippen molar-refractivity contribution in [2.24, 2.45) is 0 Å². The molecule has 0 aromatic heterocycles. The Balaban J connectivity index is 1.85. The minimum absolute atomic E-state index is 0.127. The first kappa shape index (κ1) is 26.8. The van der Waals surface area contributed by atoms with Crippen LogP contribution in [0.25, 0.3) is 0 Å². The van der Waals surface area contributed by atoms with Gasteiger partial charge in [-0.05, 0) is 69.0 Å². The Hall–Kier alpha value is -2.80. The Morgan fingerprint density at radius 3 is 2.09 bits per heavy atom. The van der Waals surface area contributed by atoms with E-state index >= 15 is 0 Å². The van der Waals surface area contributed by atoms with Gasteiger partial charge < -0.3 is 13.8 Å². The second-order valence-corrected chi connectivity index (χ2v) is 12.3. The third-order valence-electron chi connectivity index (χ3n) is 5.05. The van der Waals surface area contributed by atoms with Gasteiger partial charge in [-0.1, -0.05) is 12.1 Å². The van der Waals surface area contributed by atoms with E-state index in [0.29, 0.717) is 37.6 Å². The molecule has 192 valence electrons. The van der Waals surface area contributed by atoms with Gasteiger partial charge in [0.2, 0.25) is 9.84 Å². The first-order chi connectivity index (χ1) is 16.0. The number of nitrogens with zero attached hydrogens (tertiary/aromatic N) is 1. The van der Waals surface area contributed by atoms with Crippen molar-refractivity contribution in [3.63, 3.8) is 0 Å². The maximum Gasteiger partial charge on any atom is 0.534 e. The monoisotopic (exact) mass is 535 g/mol. The summed E-state index contributed by atoms with van der Waals surface area (Å²) >= 11 is 0. The molecule has 2 aromatic carbocycles. The van der Waals surface area contributed by atoms with Crippen LogP contribution in [0.1, 0.15) is 31.9 Å². The quantitative estimate of drug-likeness (QED) is 0.429. The van der Waals surface area contributed by atoms with Crippen LogP contribution in [0.2, 0.25) is 0 Å². The Labute approximate surface area is 201 Å². The fourth-order valence-electron chi connectivity index (χ4n) is 3.38. The standard InChI is InChI=1S/C22H24F3NO7S2/c1-21(2,3)32-20(27)26-11-9-15-7-8-19(13-16(15)10-12-26)34(28,29)18-6-4-5-17(14-18)33-35(30,31)22(23,24)25/h4-8,13-14H,9-12H2,1-3H3. The first-order valence-corrected chi connectivity index (χ1v) is 13.3. The van der Waals surface area contributed by atoms with Gasteiger partial charge in [-0.3, -0.25) is 0 Å². The molecular formula is C22H24F3NO7S2. The maximum absolute atomic E-state index is 13.1. The van der Waals surface area contributed by atoms with Crippen LogP contribution in [0.3, 0.4) is 0 Å². The zero-order valence-electron chi connectivity index (χ0n) is 19.1. The molecule has 1 aliphatic heterocycles. The smallest absolute Gasteiger partial charge is 0.444 e. The number of benzene rings is 2. The number of carbonyl (C=O) groups excluding carboxylic acids is 1. The first-order valence-electron chi connectivity index (χ1n) is 10.5. The molecule has 0 spiro atoms. The third kappa shape index (κ3) is 6.26. The van der Waals surface area contributed by atoms with Gasteiger partial charge in [-0.15, -0.1) is 0 Å².